The molecule has 0 bridgehead atoms. The summed E-state index contributed by atoms with van der Waals surface area (Å²) >= 11 is 2.02. The molecule has 0 saturated carbocycles. The van der Waals surface area contributed by atoms with Gasteiger partial charge < -0.3 is 5.73 Å². The van der Waals surface area contributed by atoms with E-state index in [1.807, 2.05) is 25.6 Å². The highest BCUT2D eigenvalue weighted by molar-refractivity contribution is 7.99. The Labute approximate surface area is 62.4 Å². The molecule has 0 unspecified atom stereocenters. The highest BCUT2D eigenvalue weighted by atomic mass is 32.2. The average molecular weight is 147 g/mol. The minimum Gasteiger partial charge on any atom is -0.328 e. The van der Waals surface area contributed by atoms with Gasteiger partial charge in [0, 0.05) is 6.04 Å². The summed E-state index contributed by atoms with van der Waals surface area (Å²) < 4.78 is 0. The van der Waals surface area contributed by atoms with E-state index in [1.165, 1.54) is 24.3 Å². The van der Waals surface area contributed by atoms with Gasteiger partial charge in [0.2, 0.25) is 0 Å². The molecular weight excluding hydrogens is 130 g/mol. The summed E-state index contributed by atoms with van der Waals surface area (Å²) in [4.78, 5) is 0. The number of thioether (sulfide) groups is 1. The fourth-order valence-electron chi connectivity index (χ4n) is 0.716. The average Bonchev–Trinajstić information content (AvgIpc) is 1.94. The van der Waals surface area contributed by atoms with Crippen LogP contribution in [-0.4, -0.2) is 17.5 Å². The van der Waals surface area contributed by atoms with Gasteiger partial charge in [0.15, 0.2) is 0 Å². The van der Waals surface area contributed by atoms with Crippen LogP contribution >= 0.6 is 11.8 Å². The Balaban J connectivity index is 0.000000291. The van der Waals surface area contributed by atoms with Crippen molar-refractivity contribution in [2.45, 2.75) is 32.7 Å². The summed E-state index contributed by atoms with van der Waals surface area (Å²) in [6.45, 7) is 4.00. The lowest BCUT2D eigenvalue weighted by Gasteiger charge is -2.15. The molecule has 9 heavy (non-hydrogen) atoms. The molecule has 2 heteroatoms. The predicted octanol–water partition coefficient (Wildman–Crippen LogP) is 1.87. The molecule has 1 rings (SSSR count). The number of rotatable bonds is 0. The van der Waals surface area contributed by atoms with Crippen molar-refractivity contribution in [2.24, 2.45) is 5.73 Å². The van der Waals surface area contributed by atoms with Gasteiger partial charge in [-0.15, -0.1) is 0 Å². The zero-order valence-corrected chi connectivity index (χ0v) is 7.21. The van der Waals surface area contributed by atoms with Gasteiger partial charge in [-0.25, -0.2) is 0 Å². The smallest absolute Gasteiger partial charge is 0.00545 e. The molecule has 1 saturated heterocycles. The van der Waals surface area contributed by atoms with E-state index in [0.717, 1.165) is 0 Å². The topological polar surface area (TPSA) is 26.0 Å². The lowest BCUT2D eigenvalue weighted by Crippen LogP contribution is -2.24. The van der Waals surface area contributed by atoms with Gasteiger partial charge in [-0.2, -0.15) is 11.8 Å². The fourth-order valence-corrected chi connectivity index (χ4v) is 1.86. The lowest BCUT2D eigenvalue weighted by molar-refractivity contribution is 0.625. The fraction of sp³-hybridized carbons (Fsp3) is 1.00. The van der Waals surface area contributed by atoms with Gasteiger partial charge in [-0.3, -0.25) is 0 Å². The minimum absolute atomic E-state index is 0.515. The Hall–Kier alpha value is 0.310. The van der Waals surface area contributed by atoms with E-state index in [1.54, 1.807) is 0 Å². The third kappa shape index (κ3) is 4.79. The lowest BCUT2D eigenvalue weighted by atomic mass is 10.2. The van der Waals surface area contributed by atoms with Crippen molar-refractivity contribution >= 4 is 11.8 Å². The SMILES string of the molecule is CC.NC1CCSCC1. The van der Waals surface area contributed by atoms with Crippen LogP contribution in [-0.2, 0) is 0 Å². The second-order valence-electron chi connectivity index (χ2n) is 1.95. The summed E-state index contributed by atoms with van der Waals surface area (Å²) in [6.07, 6.45) is 2.45. The summed E-state index contributed by atoms with van der Waals surface area (Å²) in [5, 5.41) is 0. The molecule has 2 N–H and O–H groups in total. The first-order chi connectivity index (χ1) is 4.39. The molecule has 0 spiro atoms. The molecule has 0 atom stereocenters. The van der Waals surface area contributed by atoms with E-state index in [-0.39, 0.29) is 0 Å². The first kappa shape index (κ1) is 9.31. The first-order valence-corrected chi connectivity index (χ1v) is 4.88. The van der Waals surface area contributed by atoms with Crippen LogP contribution in [0.15, 0.2) is 0 Å². The second-order valence-corrected chi connectivity index (χ2v) is 3.17. The quantitative estimate of drug-likeness (QED) is 0.566. The third-order valence-corrected chi connectivity index (χ3v) is 2.31. The van der Waals surface area contributed by atoms with Gasteiger partial charge in [0.05, 0.1) is 0 Å². The Bertz CT molecular complexity index is 50.9. The molecule has 0 aromatic heterocycles. The normalized spacial score (nSPS) is 20.3. The summed E-state index contributed by atoms with van der Waals surface area (Å²) in [6, 6.07) is 0.515. The van der Waals surface area contributed by atoms with Crippen molar-refractivity contribution in [1.29, 1.82) is 0 Å². The Morgan fingerprint density at radius 3 is 1.89 bits per heavy atom. The largest absolute Gasteiger partial charge is 0.328 e. The molecule has 1 fully saturated rings. The van der Waals surface area contributed by atoms with E-state index in [4.69, 9.17) is 5.73 Å². The van der Waals surface area contributed by atoms with Crippen LogP contribution in [0.5, 0.6) is 0 Å². The van der Waals surface area contributed by atoms with Gasteiger partial charge in [0.25, 0.3) is 0 Å². The van der Waals surface area contributed by atoms with Gasteiger partial charge in [-0.05, 0) is 24.3 Å². The molecule has 0 aliphatic carbocycles. The van der Waals surface area contributed by atoms with E-state index in [9.17, 15) is 0 Å². The second kappa shape index (κ2) is 6.43. The Morgan fingerprint density at radius 2 is 1.67 bits per heavy atom. The molecule has 1 nitrogen and oxygen atoms in total. The number of nitrogens with two attached hydrogens (primary N) is 1. The highest BCUT2D eigenvalue weighted by Crippen LogP contribution is 2.14. The maximum Gasteiger partial charge on any atom is 0.00545 e. The molecule has 1 heterocycles. The molecular formula is C7H17NS. The van der Waals surface area contributed by atoms with Gasteiger partial charge >= 0.3 is 0 Å². The summed E-state index contributed by atoms with van der Waals surface area (Å²) in [7, 11) is 0. The van der Waals surface area contributed by atoms with Crippen molar-refractivity contribution in [3.8, 4) is 0 Å². The Morgan fingerprint density at radius 1 is 1.22 bits per heavy atom. The zero-order chi connectivity index (χ0) is 7.11. The zero-order valence-electron chi connectivity index (χ0n) is 6.39. The van der Waals surface area contributed by atoms with Crippen LogP contribution in [0.2, 0.25) is 0 Å². The summed E-state index contributed by atoms with van der Waals surface area (Å²) in [5.41, 5.74) is 5.62. The monoisotopic (exact) mass is 147 g/mol. The van der Waals surface area contributed by atoms with Gasteiger partial charge in [-0.1, -0.05) is 13.8 Å². The first-order valence-electron chi connectivity index (χ1n) is 3.73. The van der Waals surface area contributed by atoms with Crippen molar-refractivity contribution in [3.05, 3.63) is 0 Å². The van der Waals surface area contributed by atoms with Crippen molar-refractivity contribution in [3.63, 3.8) is 0 Å². The van der Waals surface area contributed by atoms with Crippen LogP contribution in [0, 0.1) is 0 Å². The Kier molecular flexibility index (Phi) is 6.65. The molecule has 0 aromatic carbocycles. The van der Waals surface area contributed by atoms with E-state index in [2.05, 4.69) is 0 Å². The van der Waals surface area contributed by atoms with E-state index in [0.29, 0.717) is 6.04 Å². The molecule has 1 aliphatic rings. The van der Waals surface area contributed by atoms with E-state index < -0.39 is 0 Å². The van der Waals surface area contributed by atoms with Crippen molar-refractivity contribution in [2.75, 3.05) is 11.5 Å². The minimum atomic E-state index is 0.515. The molecule has 0 amide bonds. The van der Waals surface area contributed by atoms with Crippen molar-refractivity contribution in [1.82, 2.24) is 0 Å². The van der Waals surface area contributed by atoms with E-state index >= 15 is 0 Å². The van der Waals surface area contributed by atoms with Crippen LogP contribution in [0.3, 0.4) is 0 Å². The number of hydrogen-bond acceptors (Lipinski definition) is 2. The number of hydrogen-bond donors (Lipinski definition) is 1. The molecule has 0 aromatic rings. The van der Waals surface area contributed by atoms with Crippen molar-refractivity contribution < 1.29 is 0 Å². The molecule has 56 valence electrons. The van der Waals surface area contributed by atoms with Gasteiger partial charge in [0.1, 0.15) is 0 Å². The summed E-state index contributed by atoms with van der Waals surface area (Å²) in [5.74, 6) is 2.56. The molecule has 1 aliphatic heterocycles. The third-order valence-electron chi connectivity index (χ3n) is 1.27. The predicted molar refractivity (Wildman–Crippen MR) is 45.9 cm³/mol. The maximum atomic E-state index is 5.62. The van der Waals surface area contributed by atoms with Crippen LogP contribution < -0.4 is 5.73 Å². The highest BCUT2D eigenvalue weighted by Gasteiger charge is 2.06. The van der Waals surface area contributed by atoms with Crippen LogP contribution in [0.25, 0.3) is 0 Å². The maximum absolute atomic E-state index is 5.62. The van der Waals surface area contributed by atoms with Crippen LogP contribution in [0.4, 0.5) is 0 Å². The van der Waals surface area contributed by atoms with Crippen LogP contribution in [0.1, 0.15) is 26.7 Å². The standard InChI is InChI=1S/C5H11NS.C2H6/c6-5-1-3-7-4-2-5;1-2/h5H,1-4,6H2;1-2H3. The molecule has 0 radical (unpaired) electrons.